The van der Waals surface area contributed by atoms with Crippen LogP contribution in [0.2, 0.25) is 0 Å². The van der Waals surface area contributed by atoms with E-state index in [1.165, 1.54) is 0 Å². The molecule has 4 atom stereocenters. The highest BCUT2D eigenvalue weighted by Gasteiger charge is 2.57. The van der Waals surface area contributed by atoms with Crippen LogP contribution in [0.4, 0.5) is 0 Å². The number of ether oxygens (including phenoxy) is 3. The van der Waals surface area contributed by atoms with E-state index >= 15 is 0 Å². The molecule has 1 fully saturated rings. The van der Waals surface area contributed by atoms with Gasteiger partial charge in [0.05, 0.1) is 17.6 Å². The lowest BCUT2D eigenvalue weighted by molar-refractivity contribution is -0.173. The Bertz CT molecular complexity index is 1230. The van der Waals surface area contributed by atoms with Gasteiger partial charge in [0.25, 0.3) is 0 Å². The fraction of sp³-hybridized carbons (Fsp3) is 0.688. The Balaban J connectivity index is 1.46. The van der Waals surface area contributed by atoms with E-state index < -0.39 is 23.3 Å². The van der Waals surface area contributed by atoms with Gasteiger partial charge in [-0.2, -0.15) is 0 Å². The number of hydrogen-bond acceptors (Lipinski definition) is 9. The first kappa shape index (κ1) is 30.4. The third kappa shape index (κ3) is 6.19. The molecule has 8 nitrogen and oxygen atoms in total. The zero-order valence-electron chi connectivity index (χ0n) is 25.2. The minimum absolute atomic E-state index is 0.0267. The third-order valence-electron chi connectivity index (χ3n) is 8.83. The first-order chi connectivity index (χ1) is 19.1. The Morgan fingerprint density at radius 3 is 2.49 bits per heavy atom. The van der Waals surface area contributed by atoms with Crippen LogP contribution in [0, 0.1) is 0 Å². The Morgan fingerprint density at radius 2 is 1.80 bits per heavy atom. The highest BCUT2D eigenvalue weighted by atomic mass is 32.2. The number of fused-ring (bicyclic) bond motifs is 3. The van der Waals surface area contributed by atoms with Crippen LogP contribution in [0.5, 0.6) is 11.5 Å². The van der Waals surface area contributed by atoms with Crippen LogP contribution in [0.15, 0.2) is 23.8 Å². The molecule has 4 aliphatic rings. The van der Waals surface area contributed by atoms with Gasteiger partial charge >= 0.3 is 5.97 Å². The highest BCUT2D eigenvalue weighted by Crippen LogP contribution is 2.55. The fourth-order valence-electron chi connectivity index (χ4n) is 7.12. The van der Waals surface area contributed by atoms with Gasteiger partial charge < -0.3 is 24.4 Å². The topological polar surface area (TPSA) is 106 Å². The van der Waals surface area contributed by atoms with Gasteiger partial charge in [0, 0.05) is 17.2 Å². The van der Waals surface area contributed by atoms with E-state index in [0.717, 1.165) is 66.6 Å². The molecule has 5 rings (SSSR count). The second kappa shape index (κ2) is 10.9. The monoisotopic (exact) mass is 587 g/mol. The van der Waals surface area contributed by atoms with Crippen molar-refractivity contribution in [3.63, 3.8) is 0 Å². The summed E-state index contributed by atoms with van der Waals surface area (Å²) in [5.41, 5.74) is -0.0214. The molecule has 0 amide bonds. The largest absolute Gasteiger partial charge is 0.455 e. The fourth-order valence-corrected chi connectivity index (χ4v) is 8.11. The van der Waals surface area contributed by atoms with Gasteiger partial charge in [0.2, 0.25) is 6.79 Å². The zero-order chi connectivity index (χ0) is 29.8. The van der Waals surface area contributed by atoms with Crippen molar-refractivity contribution in [2.24, 2.45) is 0 Å². The number of carbonyl (C=O) groups excluding carboxylic acids is 2. The Hall–Kier alpha value is -2.07. The predicted molar refractivity (Wildman–Crippen MR) is 158 cm³/mol. The van der Waals surface area contributed by atoms with Gasteiger partial charge in [0.15, 0.2) is 22.2 Å². The minimum Gasteiger partial charge on any atom is -0.455 e. The summed E-state index contributed by atoms with van der Waals surface area (Å²) in [7, 11) is 0. The van der Waals surface area contributed by atoms with E-state index in [-0.39, 0.29) is 41.0 Å². The summed E-state index contributed by atoms with van der Waals surface area (Å²) in [5.74, 6) is 0.503. The Labute approximate surface area is 247 Å². The molecule has 0 aromatic heterocycles. The first-order valence-electron chi connectivity index (χ1n) is 14.8. The molecule has 0 radical (unpaired) electrons. The number of aliphatic hydroxyl groups is 2. The lowest BCUT2D eigenvalue weighted by Crippen LogP contribution is -2.49. The maximum absolute atomic E-state index is 14.0. The van der Waals surface area contributed by atoms with Crippen LogP contribution < -0.4 is 9.47 Å². The van der Waals surface area contributed by atoms with Crippen molar-refractivity contribution in [2.45, 2.75) is 120 Å². The molecule has 1 aliphatic carbocycles. The average Bonchev–Trinajstić information content (AvgIpc) is 3.50. The summed E-state index contributed by atoms with van der Waals surface area (Å²) in [6.45, 7) is 13.2. The molecular weight excluding hydrogens is 542 g/mol. The Kier molecular flexibility index (Phi) is 8.07. The van der Waals surface area contributed by atoms with Crippen LogP contribution in [-0.2, 0) is 20.7 Å². The number of carbonyl (C=O) groups is 2. The molecule has 226 valence electrons. The van der Waals surface area contributed by atoms with Crippen molar-refractivity contribution in [1.29, 1.82) is 0 Å². The molecule has 1 aromatic rings. The molecule has 9 heteroatoms. The van der Waals surface area contributed by atoms with E-state index in [0.29, 0.717) is 18.6 Å². The van der Waals surface area contributed by atoms with Crippen molar-refractivity contribution in [3.05, 3.63) is 34.9 Å². The number of hydrogen-bond donors (Lipinski definition) is 2. The third-order valence-corrected chi connectivity index (χ3v) is 9.82. The van der Waals surface area contributed by atoms with Gasteiger partial charge in [-0.15, -0.1) is 0 Å². The van der Waals surface area contributed by atoms with Gasteiger partial charge in [-0.3, -0.25) is 9.69 Å². The molecule has 0 saturated carbocycles. The van der Waals surface area contributed by atoms with Gasteiger partial charge in [0.1, 0.15) is 6.10 Å². The molecular formula is C32H45NO7S. The molecule has 1 spiro atoms. The maximum Gasteiger partial charge on any atom is 0.339 e. The van der Waals surface area contributed by atoms with E-state index in [2.05, 4.69) is 23.1 Å². The molecule has 2 N–H and O–H groups in total. The predicted octanol–water partition coefficient (Wildman–Crippen LogP) is 4.88. The summed E-state index contributed by atoms with van der Waals surface area (Å²) in [5, 5.41) is 21.8. The molecule has 41 heavy (non-hydrogen) atoms. The first-order valence-corrected chi connectivity index (χ1v) is 15.7. The van der Waals surface area contributed by atoms with Crippen molar-refractivity contribution in [2.75, 3.05) is 19.9 Å². The van der Waals surface area contributed by atoms with Crippen molar-refractivity contribution in [3.8, 4) is 11.5 Å². The lowest BCUT2D eigenvalue weighted by atomic mass is 9.77. The van der Waals surface area contributed by atoms with Crippen LogP contribution in [0.1, 0.15) is 97.1 Å². The normalized spacial score (nSPS) is 26.9. The molecule has 1 unspecified atom stereocenters. The standard InChI is InChI=1S/C32H45NO7S/c1-20-17-31-11-8-13-33(31)14-9-21-15-23-24(39-19-38-23)16-22(21)26(31)27(20)40-28(35)32(37,12-7-10-30(5,6)36)18-25(34)41-29(2,3)4/h15-17,26-27,36-37H,7-14,18-19H2,1-6H3/t26-,27?,31-,32+/m1/s1. The summed E-state index contributed by atoms with van der Waals surface area (Å²) in [6, 6.07) is 4.12. The molecule has 3 heterocycles. The van der Waals surface area contributed by atoms with E-state index in [1.807, 2.05) is 27.7 Å². The molecule has 3 aliphatic heterocycles. The average molecular weight is 588 g/mol. The molecule has 0 bridgehead atoms. The number of rotatable bonds is 8. The van der Waals surface area contributed by atoms with Crippen LogP contribution in [0.25, 0.3) is 0 Å². The van der Waals surface area contributed by atoms with E-state index in [1.54, 1.807) is 13.8 Å². The Morgan fingerprint density at radius 1 is 1.10 bits per heavy atom. The highest BCUT2D eigenvalue weighted by molar-refractivity contribution is 8.14. The van der Waals surface area contributed by atoms with Crippen LogP contribution in [0.3, 0.4) is 0 Å². The number of thioether (sulfide) groups is 1. The van der Waals surface area contributed by atoms with Crippen molar-refractivity contribution < 1.29 is 34.0 Å². The molecule has 1 saturated heterocycles. The quantitative estimate of drug-likeness (QED) is 0.325. The van der Waals surface area contributed by atoms with Crippen molar-refractivity contribution in [1.82, 2.24) is 4.90 Å². The minimum atomic E-state index is -1.99. The summed E-state index contributed by atoms with van der Waals surface area (Å²) >= 11 is 1.12. The van der Waals surface area contributed by atoms with E-state index in [4.69, 9.17) is 14.2 Å². The van der Waals surface area contributed by atoms with Crippen LogP contribution >= 0.6 is 11.8 Å². The number of benzene rings is 1. The SMILES string of the molecule is CC1=C[C@@]23CCCN2CCc2cc4c(cc2[C@@H]3C1OC(=O)[C@](O)(CCCC(C)(C)O)CC(=O)SC(C)(C)C)OCO4. The van der Waals surface area contributed by atoms with Crippen molar-refractivity contribution >= 4 is 22.8 Å². The van der Waals surface area contributed by atoms with Gasteiger partial charge in [-0.05, 0) is 94.7 Å². The summed E-state index contributed by atoms with van der Waals surface area (Å²) in [4.78, 5) is 29.5. The second-order valence-electron chi connectivity index (χ2n) is 13.9. The lowest BCUT2D eigenvalue weighted by Gasteiger charge is -2.40. The summed E-state index contributed by atoms with van der Waals surface area (Å²) in [6.07, 6.45) is 4.99. The van der Waals surface area contributed by atoms with Gasteiger partial charge in [-0.25, -0.2) is 4.79 Å². The van der Waals surface area contributed by atoms with E-state index in [9.17, 15) is 19.8 Å². The summed E-state index contributed by atoms with van der Waals surface area (Å²) < 4.78 is 17.4. The maximum atomic E-state index is 14.0. The zero-order valence-corrected chi connectivity index (χ0v) is 26.1. The van der Waals surface area contributed by atoms with Gasteiger partial charge in [-0.1, -0.05) is 38.6 Å². The second-order valence-corrected chi connectivity index (χ2v) is 15.8. The molecule has 1 aromatic carbocycles. The number of esters is 1. The number of nitrogens with zero attached hydrogens (tertiary/aromatic N) is 1. The smallest absolute Gasteiger partial charge is 0.339 e. The van der Waals surface area contributed by atoms with Crippen LogP contribution in [-0.4, -0.2) is 73.7 Å².